The van der Waals surface area contributed by atoms with Gasteiger partial charge in [0.25, 0.3) is 0 Å². The van der Waals surface area contributed by atoms with Crippen molar-refractivity contribution in [3.05, 3.63) is 134 Å². The average Bonchev–Trinajstić information content (AvgIpc) is 3.32. The lowest BCUT2D eigenvalue weighted by Gasteiger charge is -2.40. The van der Waals surface area contributed by atoms with Crippen molar-refractivity contribution in [2.24, 2.45) is 0 Å². The lowest BCUT2D eigenvalue weighted by Crippen LogP contribution is -2.60. The normalized spacial score (nSPS) is 21.0. The van der Waals surface area contributed by atoms with Crippen LogP contribution in [0.25, 0.3) is 0 Å². The minimum atomic E-state index is -1.58. The molecule has 9 heteroatoms. The number of carbonyl (C=O) groups is 1. The number of hydrogen-bond donors (Lipinski definition) is 6. The highest BCUT2D eigenvalue weighted by atomic mass is 16.7. The summed E-state index contributed by atoms with van der Waals surface area (Å²) < 4.78 is 11.2. The van der Waals surface area contributed by atoms with E-state index in [2.05, 4.69) is 141 Å². The molecule has 1 amide bonds. The fourth-order valence-electron chi connectivity index (χ4n) is 6.95. The molecule has 7 unspecified atom stereocenters. The van der Waals surface area contributed by atoms with Gasteiger partial charge in [0, 0.05) is 6.42 Å². The quantitative estimate of drug-likeness (QED) is 0.0263. The Labute approximate surface area is 400 Å². The van der Waals surface area contributed by atoms with E-state index in [1.54, 1.807) is 6.08 Å². The molecule has 7 atom stereocenters. The third-order valence-electron chi connectivity index (χ3n) is 11.0. The first-order valence-corrected chi connectivity index (χ1v) is 25.4. The molecule has 6 N–H and O–H groups in total. The summed E-state index contributed by atoms with van der Waals surface area (Å²) in [4.78, 5) is 12.9. The maximum atomic E-state index is 12.9. The third kappa shape index (κ3) is 34.6. The number of aliphatic hydroxyl groups is 5. The van der Waals surface area contributed by atoms with Crippen LogP contribution in [0, 0.1) is 0 Å². The summed E-state index contributed by atoms with van der Waals surface area (Å²) in [6, 6.07) is -0.826. The second-order valence-electron chi connectivity index (χ2n) is 16.9. The standard InChI is InChI=1S/C57H91NO8/c1-3-5-7-9-11-13-14-15-16-17-18-19-20-21-22-23-24-25-26-27-28-29-30-31-32-33-34-35-36-37-38-39-41-43-45-47-53(61)58-50(51(60)46-44-42-40-12-10-8-6-4-2)49-65-57-56(64)55(63)54(62)52(48-59)66-57/h5,7,11,13,15-16,18-19,21-22,24-25,27-28,30-31,33-34,36-37,44,46,50-52,54-57,59-60,62-64H,3-4,6,8-10,12,14,17,20,23,26,29,32,35,38-43,45,47-49H2,1-2H3,(H,58,61)/b7-5-,13-11-,16-15-,19-18-,22-21-,25-24-,28-27-,31-30-,34-33-,37-36-,46-44+. The fraction of sp³-hybridized carbons (Fsp3) is 0.596. The predicted octanol–water partition coefficient (Wildman–Crippen LogP) is 11.8. The van der Waals surface area contributed by atoms with E-state index >= 15 is 0 Å². The third-order valence-corrected chi connectivity index (χ3v) is 11.0. The highest BCUT2D eigenvalue weighted by Gasteiger charge is 2.44. The second kappa shape index (κ2) is 45.1. The molecule has 0 aliphatic carbocycles. The molecule has 9 nitrogen and oxygen atoms in total. The summed E-state index contributed by atoms with van der Waals surface area (Å²) in [6.45, 7) is 3.56. The van der Waals surface area contributed by atoms with Gasteiger partial charge in [0.2, 0.25) is 5.91 Å². The van der Waals surface area contributed by atoms with Crippen molar-refractivity contribution in [1.29, 1.82) is 0 Å². The number of amides is 1. The van der Waals surface area contributed by atoms with Gasteiger partial charge in [0.1, 0.15) is 24.4 Å². The van der Waals surface area contributed by atoms with Crippen LogP contribution in [-0.2, 0) is 14.3 Å². The van der Waals surface area contributed by atoms with Gasteiger partial charge >= 0.3 is 0 Å². The number of unbranched alkanes of at least 4 members (excludes halogenated alkanes) is 10. The molecule has 0 aromatic carbocycles. The topological polar surface area (TPSA) is 149 Å². The molecule has 0 bridgehead atoms. The summed E-state index contributed by atoms with van der Waals surface area (Å²) >= 11 is 0. The van der Waals surface area contributed by atoms with Crippen LogP contribution >= 0.6 is 0 Å². The molecule has 66 heavy (non-hydrogen) atoms. The Morgan fingerprint density at radius 2 is 0.939 bits per heavy atom. The van der Waals surface area contributed by atoms with Gasteiger partial charge < -0.3 is 40.3 Å². The Morgan fingerprint density at radius 1 is 0.530 bits per heavy atom. The summed E-state index contributed by atoms with van der Waals surface area (Å²) in [5.41, 5.74) is 0. The Kier molecular flexibility index (Phi) is 41.3. The van der Waals surface area contributed by atoms with E-state index in [4.69, 9.17) is 9.47 Å². The fourth-order valence-corrected chi connectivity index (χ4v) is 6.95. The van der Waals surface area contributed by atoms with Crippen LogP contribution in [0.15, 0.2) is 134 Å². The largest absolute Gasteiger partial charge is 0.394 e. The number of nitrogens with one attached hydrogen (secondary N) is 1. The smallest absolute Gasteiger partial charge is 0.220 e. The summed E-state index contributed by atoms with van der Waals surface area (Å²) in [5, 5.41) is 54.0. The Balaban J connectivity index is 2.20. The molecule has 0 aromatic rings. The molecule has 0 saturated carbocycles. The first-order valence-electron chi connectivity index (χ1n) is 25.4. The van der Waals surface area contributed by atoms with Gasteiger partial charge in [-0.05, 0) is 96.3 Å². The van der Waals surface area contributed by atoms with Crippen molar-refractivity contribution in [3.8, 4) is 0 Å². The van der Waals surface area contributed by atoms with Gasteiger partial charge in [-0.3, -0.25) is 4.79 Å². The van der Waals surface area contributed by atoms with Crippen LogP contribution in [0.1, 0.15) is 162 Å². The predicted molar refractivity (Wildman–Crippen MR) is 276 cm³/mol. The number of aliphatic hydroxyl groups excluding tert-OH is 5. The Morgan fingerprint density at radius 3 is 1.39 bits per heavy atom. The highest BCUT2D eigenvalue weighted by Crippen LogP contribution is 2.22. The summed E-state index contributed by atoms with van der Waals surface area (Å²) in [5.74, 6) is -0.212. The van der Waals surface area contributed by atoms with Crippen molar-refractivity contribution in [2.45, 2.75) is 204 Å². The van der Waals surface area contributed by atoms with E-state index in [-0.39, 0.29) is 12.5 Å². The van der Waals surface area contributed by atoms with Gasteiger partial charge in [-0.1, -0.05) is 192 Å². The maximum Gasteiger partial charge on any atom is 0.220 e. The van der Waals surface area contributed by atoms with Crippen molar-refractivity contribution >= 4 is 5.91 Å². The molecule has 1 saturated heterocycles. The van der Waals surface area contributed by atoms with Crippen molar-refractivity contribution in [1.82, 2.24) is 5.32 Å². The first kappa shape index (κ1) is 60.3. The first-order chi connectivity index (χ1) is 32.3. The van der Waals surface area contributed by atoms with E-state index in [1.165, 1.54) is 25.7 Å². The van der Waals surface area contributed by atoms with Gasteiger partial charge in [-0.15, -0.1) is 0 Å². The molecular formula is C57H91NO8. The molecule has 1 heterocycles. The molecule has 0 spiro atoms. The summed E-state index contributed by atoms with van der Waals surface area (Å²) in [6.07, 6.45) is 62.4. The van der Waals surface area contributed by atoms with E-state index in [0.29, 0.717) is 6.42 Å². The number of ether oxygens (including phenoxy) is 2. The number of hydrogen-bond acceptors (Lipinski definition) is 8. The van der Waals surface area contributed by atoms with Gasteiger partial charge in [-0.2, -0.15) is 0 Å². The molecular weight excluding hydrogens is 827 g/mol. The lowest BCUT2D eigenvalue weighted by molar-refractivity contribution is -0.302. The minimum Gasteiger partial charge on any atom is -0.394 e. The Bertz CT molecular complexity index is 1480. The SMILES string of the molecule is CC/C=C\C/C=C\C/C=C\C/C=C\C/C=C\C/C=C\C/C=C\C/C=C\C/C=C\C/C=C\CCCCCCC(=O)NC(COC1OC(CO)C(O)C(O)C1O)C(O)/C=C/CCCCCCCC. The van der Waals surface area contributed by atoms with Crippen LogP contribution in [-0.4, -0.2) is 87.5 Å². The lowest BCUT2D eigenvalue weighted by atomic mass is 9.99. The number of allylic oxidation sites excluding steroid dienone is 21. The van der Waals surface area contributed by atoms with Crippen molar-refractivity contribution < 1.29 is 39.8 Å². The number of rotatable bonds is 40. The molecule has 1 aliphatic heterocycles. The number of carbonyl (C=O) groups excluding carboxylic acids is 1. The van der Waals surface area contributed by atoms with Gasteiger partial charge in [-0.25, -0.2) is 0 Å². The van der Waals surface area contributed by atoms with Crippen molar-refractivity contribution in [3.63, 3.8) is 0 Å². The zero-order valence-corrected chi connectivity index (χ0v) is 40.9. The van der Waals surface area contributed by atoms with Crippen LogP contribution in [0.4, 0.5) is 0 Å². The zero-order chi connectivity index (χ0) is 48.0. The van der Waals surface area contributed by atoms with Gasteiger partial charge in [0.15, 0.2) is 6.29 Å². The van der Waals surface area contributed by atoms with E-state index < -0.39 is 49.5 Å². The average molecular weight is 918 g/mol. The molecule has 0 aromatic heterocycles. The molecule has 1 fully saturated rings. The van der Waals surface area contributed by atoms with Crippen LogP contribution in [0.2, 0.25) is 0 Å². The van der Waals surface area contributed by atoms with Crippen LogP contribution in [0.5, 0.6) is 0 Å². The maximum absolute atomic E-state index is 12.9. The van der Waals surface area contributed by atoms with E-state index in [9.17, 15) is 30.3 Å². The highest BCUT2D eigenvalue weighted by molar-refractivity contribution is 5.76. The molecule has 0 radical (unpaired) electrons. The minimum absolute atomic E-state index is 0.209. The Hall–Kier alpha value is -3.67. The zero-order valence-electron chi connectivity index (χ0n) is 40.9. The molecule has 1 aliphatic rings. The van der Waals surface area contributed by atoms with Gasteiger partial charge in [0.05, 0.1) is 25.4 Å². The molecule has 1 rings (SSSR count). The second-order valence-corrected chi connectivity index (χ2v) is 16.9. The molecule has 372 valence electrons. The monoisotopic (exact) mass is 918 g/mol. The van der Waals surface area contributed by atoms with Crippen LogP contribution in [0.3, 0.4) is 0 Å². The van der Waals surface area contributed by atoms with E-state index in [1.807, 2.05) is 6.08 Å². The summed E-state index contributed by atoms with van der Waals surface area (Å²) in [7, 11) is 0. The van der Waals surface area contributed by atoms with E-state index in [0.717, 1.165) is 116 Å². The van der Waals surface area contributed by atoms with Crippen molar-refractivity contribution in [2.75, 3.05) is 13.2 Å². The van der Waals surface area contributed by atoms with Crippen LogP contribution < -0.4 is 5.32 Å².